The Morgan fingerprint density at radius 3 is 2.89 bits per heavy atom. The lowest BCUT2D eigenvalue weighted by molar-refractivity contribution is -0.137. The molecule has 2 aliphatic heterocycles. The van der Waals surface area contributed by atoms with Crippen molar-refractivity contribution >= 4 is 5.91 Å². The van der Waals surface area contributed by atoms with Gasteiger partial charge in [-0.3, -0.25) is 4.79 Å². The molecular weight excluding hydrogens is 228 g/mol. The van der Waals surface area contributed by atoms with E-state index >= 15 is 0 Å². The van der Waals surface area contributed by atoms with E-state index in [0.717, 1.165) is 43.9 Å². The van der Waals surface area contributed by atoms with Gasteiger partial charge in [0, 0.05) is 26.2 Å². The molecule has 1 unspecified atom stereocenters. The average molecular weight is 246 g/mol. The summed E-state index contributed by atoms with van der Waals surface area (Å²) in [5.74, 6) is 1.16. The number of amides is 1. The third-order valence-electron chi connectivity index (χ3n) is 3.66. The predicted octanol–water partition coefficient (Wildman–Crippen LogP) is 0.669. The Morgan fingerprint density at radius 1 is 1.28 bits per heavy atom. The van der Waals surface area contributed by atoms with E-state index in [4.69, 9.17) is 4.74 Å². The summed E-state index contributed by atoms with van der Waals surface area (Å²) in [6.07, 6.45) is 0.804. The molecule has 2 heterocycles. The third kappa shape index (κ3) is 2.20. The molecule has 96 valence electrons. The van der Waals surface area contributed by atoms with Gasteiger partial charge in [0.05, 0.1) is 5.92 Å². The van der Waals surface area contributed by atoms with Gasteiger partial charge in [-0.1, -0.05) is 18.2 Å². The van der Waals surface area contributed by atoms with Gasteiger partial charge in [-0.2, -0.15) is 0 Å². The van der Waals surface area contributed by atoms with Crippen LogP contribution in [-0.4, -0.2) is 43.6 Å². The lowest BCUT2D eigenvalue weighted by Crippen LogP contribution is -2.50. The minimum atomic E-state index is -0.0157. The van der Waals surface area contributed by atoms with Gasteiger partial charge in [-0.25, -0.2) is 0 Å². The zero-order chi connectivity index (χ0) is 12.4. The summed E-state index contributed by atoms with van der Waals surface area (Å²) in [5, 5.41) is 3.26. The SMILES string of the molecule is O=C(C1COc2ccccc2C1)N1CCNCC1. The smallest absolute Gasteiger partial charge is 0.229 e. The summed E-state index contributed by atoms with van der Waals surface area (Å²) in [6, 6.07) is 7.99. The summed E-state index contributed by atoms with van der Waals surface area (Å²) in [6.45, 7) is 3.94. The summed E-state index contributed by atoms with van der Waals surface area (Å²) in [4.78, 5) is 14.3. The number of hydrogen-bond acceptors (Lipinski definition) is 3. The van der Waals surface area contributed by atoms with Crippen molar-refractivity contribution in [1.82, 2.24) is 10.2 Å². The van der Waals surface area contributed by atoms with Gasteiger partial charge >= 0.3 is 0 Å². The molecule has 0 aliphatic carbocycles. The molecule has 0 saturated carbocycles. The highest BCUT2D eigenvalue weighted by molar-refractivity contribution is 5.80. The second-order valence-corrected chi connectivity index (χ2v) is 4.90. The van der Waals surface area contributed by atoms with Gasteiger partial charge in [0.25, 0.3) is 0 Å². The quantitative estimate of drug-likeness (QED) is 0.792. The number of ether oxygens (including phenoxy) is 1. The monoisotopic (exact) mass is 246 g/mol. The number of benzene rings is 1. The molecule has 2 aliphatic rings. The lowest BCUT2D eigenvalue weighted by atomic mass is 9.95. The van der Waals surface area contributed by atoms with E-state index in [1.54, 1.807) is 0 Å². The molecule has 1 fully saturated rings. The highest BCUT2D eigenvalue weighted by Crippen LogP contribution is 2.27. The maximum atomic E-state index is 12.4. The van der Waals surface area contributed by atoms with Crippen LogP contribution in [0.5, 0.6) is 5.75 Å². The van der Waals surface area contributed by atoms with Crippen molar-refractivity contribution in [2.75, 3.05) is 32.8 Å². The Hall–Kier alpha value is -1.55. The Bertz CT molecular complexity index is 441. The fourth-order valence-corrected chi connectivity index (χ4v) is 2.63. The van der Waals surface area contributed by atoms with E-state index in [1.165, 1.54) is 0 Å². The van der Waals surface area contributed by atoms with Crippen LogP contribution in [0.15, 0.2) is 24.3 Å². The predicted molar refractivity (Wildman–Crippen MR) is 68.6 cm³/mol. The molecule has 0 bridgehead atoms. The van der Waals surface area contributed by atoms with Crippen LogP contribution in [0, 0.1) is 5.92 Å². The molecule has 4 heteroatoms. The van der Waals surface area contributed by atoms with Crippen LogP contribution in [0.1, 0.15) is 5.56 Å². The summed E-state index contributed by atoms with van der Waals surface area (Å²) >= 11 is 0. The number of para-hydroxylation sites is 1. The Morgan fingerprint density at radius 2 is 2.06 bits per heavy atom. The van der Waals surface area contributed by atoms with E-state index < -0.39 is 0 Å². The number of carbonyl (C=O) groups is 1. The molecule has 0 radical (unpaired) electrons. The fraction of sp³-hybridized carbons (Fsp3) is 0.500. The van der Waals surface area contributed by atoms with E-state index in [0.29, 0.717) is 6.61 Å². The molecule has 1 atom stereocenters. The van der Waals surface area contributed by atoms with Gasteiger partial charge in [0.15, 0.2) is 0 Å². The molecule has 0 spiro atoms. The van der Waals surface area contributed by atoms with Crippen LogP contribution in [-0.2, 0) is 11.2 Å². The zero-order valence-corrected chi connectivity index (χ0v) is 10.4. The third-order valence-corrected chi connectivity index (χ3v) is 3.66. The molecular formula is C14H18N2O2. The highest BCUT2D eigenvalue weighted by Gasteiger charge is 2.29. The number of nitrogens with one attached hydrogen (secondary N) is 1. The second-order valence-electron chi connectivity index (χ2n) is 4.90. The zero-order valence-electron chi connectivity index (χ0n) is 10.4. The topological polar surface area (TPSA) is 41.6 Å². The van der Waals surface area contributed by atoms with Gasteiger partial charge in [-0.15, -0.1) is 0 Å². The summed E-state index contributed by atoms with van der Waals surface area (Å²) in [7, 11) is 0. The Balaban J connectivity index is 1.69. The van der Waals surface area contributed by atoms with Gasteiger partial charge in [0.1, 0.15) is 12.4 Å². The molecule has 1 aromatic carbocycles. The maximum Gasteiger partial charge on any atom is 0.229 e. The maximum absolute atomic E-state index is 12.4. The molecule has 0 aromatic heterocycles. The summed E-state index contributed by atoms with van der Waals surface area (Å²) in [5.41, 5.74) is 1.15. The minimum absolute atomic E-state index is 0.0157. The van der Waals surface area contributed by atoms with Crippen molar-refractivity contribution in [1.29, 1.82) is 0 Å². The van der Waals surface area contributed by atoms with Crippen LogP contribution in [0.2, 0.25) is 0 Å². The first-order valence-corrected chi connectivity index (χ1v) is 6.55. The van der Waals surface area contributed by atoms with Crippen molar-refractivity contribution in [3.63, 3.8) is 0 Å². The second kappa shape index (κ2) is 4.98. The van der Waals surface area contributed by atoms with Crippen molar-refractivity contribution in [3.05, 3.63) is 29.8 Å². The molecule has 1 N–H and O–H groups in total. The van der Waals surface area contributed by atoms with Crippen molar-refractivity contribution in [2.24, 2.45) is 5.92 Å². The van der Waals surface area contributed by atoms with Crippen LogP contribution in [0.25, 0.3) is 0 Å². The Kier molecular flexibility index (Phi) is 3.19. The fourth-order valence-electron chi connectivity index (χ4n) is 2.63. The average Bonchev–Trinajstić information content (AvgIpc) is 2.47. The van der Waals surface area contributed by atoms with E-state index in [9.17, 15) is 4.79 Å². The van der Waals surface area contributed by atoms with E-state index in [-0.39, 0.29) is 11.8 Å². The van der Waals surface area contributed by atoms with E-state index in [1.807, 2.05) is 29.2 Å². The van der Waals surface area contributed by atoms with Crippen molar-refractivity contribution in [2.45, 2.75) is 6.42 Å². The number of rotatable bonds is 1. The van der Waals surface area contributed by atoms with Gasteiger partial charge in [-0.05, 0) is 18.1 Å². The molecule has 4 nitrogen and oxygen atoms in total. The van der Waals surface area contributed by atoms with Crippen molar-refractivity contribution in [3.8, 4) is 5.75 Å². The number of carbonyl (C=O) groups excluding carboxylic acids is 1. The largest absolute Gasteiger partial charge is 0.492 e. The molecule has 1 amide bonds. The van der Waals surface area contributed by atoms with Crippen LogP contribution >= 0.6 is 0 Å². The number of nitrogens with zero attached hydrogens (tertiary/aromatic N) is 1. The molecule has 18 heavy (non-hydrogen) atoms. The minimum Gasteiger partial charge on any atom is -0.492 e. The first-order valence-electron chi connectivity index (χ1n) is 6.55. The standard InChI is InChI=1S/C14H18N2O2/c17-14(16-7-5-15-6-8-16)12-9-11-3-1-2-4-13(11)18-10-12/h1-4,12,15H,5-10H2. The number of fused-ring (bicyclic) bond motifs is 1. The summed E-state index contributed by atoms with van der Waals surface area (Å²) < 4.78 is 5.68. The van der Waals surface area contributed by atoms with Crippen LogP contribution in [0.4, 0.5) is 0 Å². The molecule has 3 rings (SSSR count). The van der Waals surface area contributed by atoms with Crippen molar-refractivity contribution < 1.29 is 9.53 Å². The normalized spacial score (nSPS) is 23.1. The first-order chi connectivity index (χ1) is 8.84. The number of piperazine rings is 1. The van der Waals surface area contributed by atoms with Crippen LogP contribution < -0.4 is 10.1 Å². The lowest BCUT2D eigenvalue weighted by Gasteiger charge is -2.32. The van der Waals surface area contributed by atoms with Gasteiger partial charge < -0.3 is 15.0 Å². The Labute approximate surface area is 107 Å². The van der Waals surface area contributed by atoms with Gasteiger partial charge in [0.2, 0.25) is 5.91 Å². The van der Waals surface area contributed by atoms with E-state index in [2.05, 4.69) is 5.32 Å². The molecule has 1 saturated heterocycles. The molecule has 1 aromatic rings. The number of hydrogen-bond donors (Lipinski definition) is 1. The highest BCUT2D eigenvalue weighted by atomic mass is 16.5. The van der Waals surface area contributed by atoms with Crippen LogP contribution in [0.3, 0.4) is 0 Å². The first kappa shape index (κ1) is 11.5.